The van der Waals surface area contributed by atoms with Gasteiger partial charge in [-0.05, 0) is 43.4 Å². The minimum Gasteiger partial charge on any atom is -0.472 e. The monoisotopic (exact) mass is 193 g/mol. The van der Waals surface area contributed by atoms with Crippen molar-refractivity contribution < 1.29 is 4.42 Å². The van der Waals surface area contributed by atoms with Gasteiger partial charge < -0.3 is 9.73 Å². The van der Waals surface area contributed by atoms with E-state index < -0.39 is 0 Å². The summed E-state index contributed by atoms with van der Waals surface area (Å²) >= 11 is 0. The van der Waals surface area contributed by atoms with Gasteiger partial charge in [0.05, 0.1) is 12.5 Å². The van der Waals surface area contributed by atoms with Crippen LogP contribution in [-0.4, -0.2) is 12.6 Å². The number of hydrogen-bond acceptors (Lipinski definition) is 2. The van der Waals surface area contributed by atoms with Gasteiger partial charge in [-0.3, -0.25) is 0 Å². The molecule has 2 nitrogen and oxygen atoms in total. The number of rotatable bonds is 3. The molecule has 0 aliphatic heterocycles. The Morgan fingerprint density at radius 1 is 1.50 bits per heavy atom. The summed E-state index contributed by atoms with van der Waals surface area (Å²) in [6.07, 6.45) is 8.95. The molecule has 1 aromatic rings. The number of furan rings is 1. The summed E-state index contributed by atoms with van der Waals surface area (Å²) in [7, 11) is 0. The summed E-state index contributed by atoms with van der Waals surface area (Å²) in [5.74, 6) is 0.714. The maximum atomic E-state index is 5.14. The van der Waals surface area contributed by atoms with Crippen molar-refractivity contribution in [2.45, 2.75) is 44.6 Å². The third kappa shape index (κ3) is 2.18. The normalized spacial score (nSPS) is 27.8. The zero-order valence-corrected chi connectivity index (χ0v) is 8.83. The molecule has 0 amide bonds. The van der Waals surface area contributed by atoms with E-state index in [9.17, 15) is 0 Å². The highest BCUT2D eigenvalue weighted by Gasteiger charge is 2.22. The second-order valence-electron chi connectivity index (χ2n) is 4.17. The molecule has 0 spiro atoms. The lowest BCUT2D eigenvalue weighted by Crippen LogP contribution is -2.33. The Morgan fingerprint density at radius 2 is 2.43 bits per heavy atom. The van der Waals surface area contributed by atoms with E-state index in [0.717, 1.165) is 6.54 Å². The van der Waals surface area contributed by atoms with E-state index in [-0.39, 0.29) is 0 Å². The van der Waals surface area contributed by atoms with Crippen LogP contribution in [0.15, 0.2) is 23.0 Å². The molecule has 1 heterocycles. The second kappa shape index (κ2) is 4.65. The van der Waals surface area contributed by atoms with Crippen molar-refractivity contribution in [2.75, 3.05) is 6.54 Å². The molecule has 2 heteroatoms. The summed E-state index contributed by atoms with van der Waals surface area (Å²) in [6.45, 7) is 3.27. The Labute approximate surface area is 85.7 Å². The van der Waals surface area contributed by atoms with Crippen LogP contribution in [0.2, 0.25) is 0 Å². The quantitative estimate of drug-likeness (QED) is 0.798. The molecule has 1 saturated carbocycles. The molecule has 1 fully saturated rings. The van der Waals surface area contributed by atoms with Crippen molar-refractivity contribution in [1.29, 1.82) is 0 Å². The van der Waals surface area contributed by atoms with Gasteiger partial charge in [0.25, 0.3) is 0 Å². The summed E-state index contributed by atoms with van der Waals surface area (Å²) in [4.78, 5) is 0. The summed E-state index contributed by atoms with van der Waals surface area (Å²) < 4.78 is 5.14. The van der Waals surface area contributed by atoms with E-state index in [1.165, 1.54) is 31.2 Å². The zero-order valence-electron chi connectivity index (χ0n) is 8.83. The number of nitrogens with one attached hydrogen (secondary N) is 1. The summed E-state index contributed by atoms with van der Waals surface area (Å²) in [5.41, 5.74) is 1.38. The molecule has 0 radical (unpaired) electrons. The average Bonchev–Trinajstić information content (AvgIpc) is 2.71. The van der Waals surface area contributed by atoms with Gasteiger partial charge in [0.2, 0.25) is 0 Å². The lowest BCUT2D eigenvalue weighted by Gasteiger charge is -2.28. The molecule has 0 bridgehead atoms. The fourth-order valence-corrected chi connectivity index (χ4v) is 2.47. The summed E-state index contributed by atoms with van der Waals surface area (Å²) in [5, 5.41) is 3.55. The Balaban J connectivity index is 1.94. The van der Waals surface area contributed by atoms with Crippen molar-refractivity contribution in [1.82, 2.24) is 5.32 Å². The molecular formula is C12H19NO. The van der Waals surface area contributed by atoms with Gasteiger partial charge in [-0.15, -0.1) is 0 Å². The molecule has 1 aliphatic rings. The van der Waals surface area contributed by atoms with Crippen LogP contribution in [0.25, 0.3) is 0 Å². The van der Waals surface area contributed by atoms with E-state index in [2.05, 4.69) is 18.3 Å². The molecule has 2 atom stereocenters. The third-order valence-corrected chi connectivity index (χ3v) is 3.18. The van der Waals surface area contributed by atoms with E-state index in [1.807, 2.05) is 6.26 Å². The molecule has 2 rings (SSSR count). The highest BCUT2D eigenvalue weighted by Crippen LogP contribution is 2.32. The van der Waals surface area contributed by atoms with Crippen molar-refractivity contribution in [3.8, 4) is 0 Å². The van der Waals surface area contributed by atoms with Crippen LogP contribution in [0.4, 0.5) is 0 Å². The average molecular weight is 193 g/mol. The van der Waals surface area contributed by atoms with Gasteiger partial charge in [-0.2, -0.15) is 0 Å². The first-order valence-corrected chi connectivity index (χ1v) is 5.65. The molecule has 14 heavy (non-hydrogen) atoms. The predicted molar refractivity (Wildman–Crippen MR) is 57.4 cm³/mol. The fourth-order valence-electron chi connectivity index (χ4n) is 2.47. The Hall–Kier alpha value is -0.760. The van der Waals surface area contributed by atoms with Crippen molar-refractivity contribution >= 4 is 0 Å². The van der Waals surface area contributed by atoms with Gasteiger partial charge >= 0.3 is 0 Å². The second-order valence-corrected chi connectivity index (χ2v) is 4.17. The predicted octanol–water partition coefficient (Wildman–Crippen LogP) is 2.92. The van der Waals surface area contributed by atoms with E-state index >= 15 is 0 Å². The molecule has 2 unspecified atom stereocenters. The Kier molecular flexibility index (Phi) is 3.25. The van der Waals surface area contributed by atoms with E-state index in [4.69, 9.17) is 4.42 Å². The molecular weight excluding hydrogens is 174 g/mol. The van der Waals surface area contributed by atoms with Gasteiger partial charge in [-0.1, -0.05) is 13.3 Å². The topological polar surface area (TPSA) is 25.2 Å². The standard InChI is InChI=1S/C12H19NO/c1-2-13-12-5-3-4-10(8-12)11-6-7-14-9-11/h6-7,9-10,12-13H,2-5,8H2,1H3. The minimum atomic E-state index is 0.714. The first-order valence-electron chi connectivity index (χ1n) is 5.65. The minimum absolute atomic E-state index is 0.714. The van der Waals surface area contributed by atoms with Crippen LogP contribution < -0.4 is 5.32 Å². The summed E-state index contributed by atoms with van der Waals surface area (Å²) in [6, 6.07) is 2.83. The fraction of sp³-hybridized carbons (Fsp3) is 0.667. The van der Waals surface area contributed by atoms with Crippen LogP contribution in [0.5, 0.6) is 0 Å². The maximum absolute atomic E-state index is 5.14. The SMILES string of the molecule is CCNC1CCCC(c2ccoc2)C1. The van der Waals surface area contributed by atoms with Crippen LogP contribution >= 0.6 is 0 Å². The third-order valence-electron chi connectivity index (χ3n) is 3.18. The first-order chi connectivity index (χ1) is 6.90. The Bertz CT molecular complexity index is 253. The van der Waals surface area contributed by atoms with Crippen molar-refractivity contribution in [3.63, 3.8) is 0 Å². The first kappa shape index (κ1) is 9.78. The van der Waals surface area contributed by atoms with Crippen LogP contribution in [-0.2, 0) is 0 Å². The molecule has 0 aromatic carbocycles. The van der Waals surface area contributed by atoms with Crippen LogP contribution in [0.3, 0.4) is 0 Å². The van der Waals surface area contributed by atoms with Crippen molar-refractivity contribution in [2.24, 2.45) is 0 Å². The largest absolute Gasteiger partial charge is 0.472 e. The van der Waals surface area contributed by atoms with Gasteiger partial charge in [0, 0.05) is 6.04 Å². The van der Waals surface area contributed by atoms with E-state index in [0.29, 0.717) is 12.0 Å². The lowest BCUT2D eigenvalue weighted by molar-refractivity contribution is 0.343. The van der Waals surface area contributed by atoms with Crippen LogP contribution in [0, 0.1) is 0 Å². The molecule has 78 valence electrons. The highest BCUT2D eigenvalue weighted by molar-refractivity contribution is 5.13. The molecule has 0 saturated heterocycles. The van der Waals surface area contributed by atoms with Crippen molar-refractivity contribution in [3.05, 3.63) is 24.2 Å². The molecule has 1 N–H and O–H groups in total. The van der Waals surface area contributed by atoms with Gasteiger partial charge in [-0.25, -0.2) is 0 Å². The van der Waals surface area contributed by atoms with E-state index in [1.54, 1.807) is 6.26 Å². The van der Waals surface area contributed by atoms with Crippen LogP contribution in [0.1, 0.15) is 44.1 Å². The highest BCUT2D eigenvalue weighted by atomic mass is 16.3. The molecule has 1 aliphatic carbocycles. The smallest absolute Gasteiger partial charge is 0.0937 e. The Morgan fingerprint density at radius 3 is 3.14 bits per heavy atom. The van der Waals surface area contributed by atoms with Gasteiger partial charge in [0.1, 0.15) is 0 Å². The molecule has 1 aromatic heterocycles. The zero-order chi connectivity index (χ0) is 9.80. The maximum Gasteiger partial charge on any atom is 0.0937 e. The van der Waals surface area contributed by atoms with Gasteiger partial charge in [0.15, 0.2) is 0 Å². The number of hydrogen-bond donors (Lipinski definition) is 1. The lowest BCUT2D eigenvalue weighted by atomic mass is 9.82.